The first-order chi connectivity index (χ1) is 8.93. The predicted molar refractivity (Wildman–Crippen MR) is 71.4 cm³/mol. The van der Waals surface area contributed by atoms with Gasteiger partial charge in [0.2, 0.25) is 10.0 Å². The Bertz CT molecular complexity index is 622. The van der Waals surface area contributed by atoms with Crippen molar-refractivity contribution in [1.29, 1.82) is 5.26 Å². The second-order valence-electron chi connectivity index (χ2n) is 4.23. The van der Waals surface area contributed by atoms with Gasteiger partial charge in [-0.3, -0.25) is 4.79 Å². The van der Waals surface area contributed by atoms with Crippen LogP contribution in [0.1, 0.15) is 15.2 Å². The molecule has 19 heavy (non-hydrogen) atoms. The highest BCUT2D eigenvalue weighted by atomic mass is 32.2. The molecule has 0 saturated carbocycles. The molecule has 1 aliphatic heterocycles. The Labute approximate surface area is 115 Å². The van der Waals surface area contributed by atoms with Crippen LogP contribution in [0.25, 0.3) is 0 Å². The fraction of sp³-hybridized carbons (Fsp3) is 0.455. The van der Waals surface area contributed by atoms with Crippen LogP contribution < -0.4 is 0 Å². The molecule has 1 amide bonds. The van der Waals surface area contributed by atoms with Gasteiger partial charge in [-0.05, 0) is 11.4 Å². The minimum atomic E-state index is -3.20. The zero-order valence-electron chi connectivity index (χ0n) is 10.4. The van der Waals surface area contributed by atoms with Crippen molar-refractivity contribution in [2.24, 2.45) is 0 Å². The highest BCUT2D eigenvalue weighted by molar-refractivity contribution is 7.88. The Morgan fingerprint density at radius 1 is 1.37 bits per heavy atom. The molecule has 0 atom stereocenters. The van der Waals surface area contributed by atoms with Crippen LogP contribution in [-0.2, 0) is 10.0 Å². The summed E-state index contributed by atoms with van der Waals surface area (Å²) in [5, 5.41) is 10.6. The van der Waals surface area contributed by atoms with E-state index in [2.05, 4.69) is 0 Å². The summed E-state index contributed by atoms with van der Waals surface area (Å²) in [4.78, 5) is 14.2. The Morgan fingerprint density at radius 2 is 2.00 bits per heavy atom. The Kier molecular flexibility index (Phi) is 3.89. The van der Waals surface area contributed by atoms with Crippen molar-refractivity contribution in [2.75, 3.05) is 32.4 Å². The second kappa shape index (κ2) is 5.28. The van der Waals surface area contributed by atoms with Crippen LogP contribution >= 0.6 is 11.3 Å². The number of nitrogens with zero attached hydrogens (tertiary/aromatic N) is 3. The SMILES string of the molecule is CS(=O)(=O)N1CCN(C(=O)c2sccc2C#N)CC1. The van der Waals surface area contributed by atoms with Gasteiger partial charge in [-0.15, -0.1) is 11.3 Å². The van der Waals surface area contributed by atoms with E-state index < -0.39 is 10.0 Å². The number of rotatable bonds is 2. The van der Waals surface area contributed by atoms with Crippen LogP contribution in [0, 0.1) is 11.3 Å². The molecule has 0 spiro atoms. The van der Waals surface area contributed by atoms with Gasteiger partial charge in [-0.25, -0.2) is 8.42 Å². The average Bonchev–Trinajstić information content (AvgIpc) is 2.85. The number of carbonyl (C=O) groups is 1. The van der Waals surface area contributed by atoms with Crippen LogP contribution in [0.3, 0.4) is 0 Å². The van der Waals surface area contributed by atoms with Gasteiger partial charge >= 0.3 is 0 Å². The van der Waals surface area contributed by atoms with Crippen molar-refractivity contribution < 1.29 is 13.2 Å². The Hall–Kier alpha value is -1.43. The molecule has 1 aliphatic rings. The topological polar surface area (TPSA) is 81.5 Å². The number of hydrogen-bond acceptors (Lipinski definition) is 5. The van der Waals surface area contributed by atoms with Gasteiger partial charge in [0.25, 0.3) is 5.91 Å². The summed E-state index contributed by atoms with van der Waals surface area (Å²) >= 11 is 1.24. The van der Waals surface area contributed by atoms with E-state index in [-0.39, 0.29) is 5.91 Å². The van der Waals surface area contributed by atoms with Crippen LogP contribution in [0.2, 0.25) is 0 Å². The molecule has 8 heteroatoms. The van der Waals surface area contributed by atoms with Gasteiger partial charge in [0, 0.05) is 26.2 Å². The first-order valence-corrected chi connectivity index (χ1v) is 8.38. The van der Waals surface area contributed by atoms with E-state index in [0.717, 1.165) is 6.26 Å². The summed E-state index contributed by atoms with van der Waals surface area (Å²) < 4.78 is 24.1. The first-order valence-electron chi connectivity index (χ1n) is 5.65. The lowest BCUT2D eigenvalue weighted by Gasteiger charge is -2.33. The van der Waals surface area contributed by atoms with Gasteiger partial charge in [-0.2, -0.15) is 9.57 Å². The summed E-state index contributed by atoms with van der Waals surface area (Å²) in [5.74, 6) is -0.195. The van der Waals surface area contributed by atoms with Crippen LogP contribution in [0.4, 0.5) is 0 Å². The molecular weight excluding hydrogens is 286 g/mol. The number of nitriles is 1. The van der Waals surface area contributed by atoms with E-state index in [1.165, 1.54) is 15.6 Å². The lowest BCUT2D eigenvalue weighted by molar-refractivity contribution is 0.0703. The maximum Gasteiger partial charge on any atom is 0.265 e. The Morgan fingerprint density at radius 3 is 2.53 bits per heavy atom. The quantitative estimate of drug-likeness (QED) is 0.788. The fourth-order valence-electron chi connectivity index (χ4n) is 1.93. The maximum atomic E-state index is 12.2. The minimum absolute atomic E-state index is 0.195. The van der Waals surface area contributed by atoms with E-state index in [1.807, 2.05) is 6.07 Å². The molecule has 0 bridgehead atoms. The molecule has 0 unspecified atom stereocenters. The summed E-state index contributed by atoms with van der Waals surface area (Å²) in [6.07, 6.45) is 1.16. The van der Waals surface area contributed by atoms with Crippen molar-refractivity contribution in [1.82, 2.24) is 9.21 Å². The van der Waals surface area contributed by atoms with Gasteiger partial charge in [0.15, 0.2) is 0 Å². The average molecular weight is 299 g/mol. The van der Waals surface area contributed by atoms with E-state index >= 15 is 0 Å². The molecule has 1 aromatic heterocycles. The summed E-state index contributed by atoms with van der Waals surface area (Å²) in [6.45, 7) is 1.32. The number of carbonyl (C=O) groups excluding carboxylic acids is 1. The maximum absolute atomic E-state index is 12.2. The molecule has 0 aliphatic carbocycles. The zero-order chi connectivity index (χ0) is 14.0. The monoisotopic (exact) mass is 299 g/mol. The van der Waals surface area contributed by atoms with E-state index in [0.29, 0.717) is 36.6 Å². The van der Waals surface area contributed by atoms with Crippen molar-refractivity contribution >= 4 is 27.3 Å². The minimum Gasteiger partial charge on any atom is -0.335 e. The third kappa shape index (κ3) is 2.94. The van der Waals surface area contributed by atoms with E-state index in [9.17, 15) is 13.2 Å². The van der Waals surface area contributed by atoms with Crippen LogP contribution in [0.15, 0.2) is 11.4 Å². The van der Waals surface area contributed by atoms with Crippen molar-refractivity contribution in [3.05, 3.63) is 21.9 Å². The smallest absolute Gasteiger partial charge is 0.265 e. The number of hydrogen-bond donors (Lipinski definition) is 0. The van der Waals surface area contributed by atoms with Gasteiger partial charge in [0.1, 0.15) is 10.9 Å². The highest BCUT2D eigenvalue weighted by Gasteiger charge is 2.28. The predicted octanol–water partition coefficient (Wildman–Crippen LogP) is 0.337. The van der Waals surface area contributed by atoms with Crippen LogP contribution in [0.5, 0.6) is 0 Å². The number of piperazine rings is 1. The normalized spacial score (nSPS) is 17.2. The third-order valence-corrected chi connectivity index (χ3v) is 5.18. The van der Waals surface area contributed by atoms with Crippen molar-refractivity contribution in [2.45, 2.75) is 0 Å². The second-order valence-corrected chi connectivity index (χ2v) is 7.13. The molecule has 2 rings (SSSR count). The zero-order valence-corrected chi connectivity index (χ0v) is 12.0. The van der Waals surface area contributed by atoms with Gasteiger partial charge in [0.05, 0.1) is 11.8 Å². The molecule has 6 nitrogen and oxygen atoms in total. The van der Waals surface area contributed by atoms with Gasteiger partial charge < -0.3 is 4.90 Å². The van der Waals surface area contributed by atoms with E-state index in [1.54, 1.807) is 16.3 Å². The Balaban J connectivity index is 2.07. The number of sulfonamides is 1. The molecule has 2 heterocycles. The molecule has 1 fully saturated rings. The molecular formula is C11H13N3O3S2. The standard InChI is InChI=1S/C11H13N3O3S2/c1-19(16,17)14-5-3-13(4-6-14)11(15)10-9(8-12)2-7-18-10/h2,7H,3-6H2,1H3. The molecule has 0 aromatic carbocycles. The lowest BCUT2D eigenvalue weighted by Crippen LogP contribution is -2.50. The molecule has 1 saturated heterocycles. The molecule has 0 radical (unpaired) electrons. The van der Waals surface area contributed by atoms with Crippen molar-refractivity contribution in [3.8, 4) is 6.07 Å². The highest BCUT2D eigenvalue weighted by Crippen LogP contribution is 2.19. The summed E-state index contributed by atoms with van der Waals surface area (Å²) in [6, 6.07) is 3.60. The summed E-state index contributed by atoms with van der Waals surface area (Å²) in [7, 11) is -3.20. The largest absolute Gasteiger partial charge is 0.335 e. The fourth-order valence-corrected chi connectivity index (χ4v) is 3.57. The molecule has 0 N–H and O–H groups in total. The number of amides is 1. The first kappa shape index (κ1) is 14.0. The lowest BCUT2D eigenvalue weighted by atomic mass is 10.2. The van der Waals surface area contributed by atoms with Gasteiger partial charge in [-0.1, -0.05) is 0 Å². The van der Waals surface area contributed by atoms with E-state index in [4.69, 9.17) is 5.26 Å². The van der Waals surface area contributed by atoms with Crippen molar-refractivity contribution in [3.63, 3.8) is 0 Å². The summed E-state index contributed by atoms with van der Waals surface area (Å²) in [5.41, 5.74) is 0.376. The van der Waals surface area contributed by atoms with Crippen LogP contribution in [-0.4, -0.2) is 56.0 Å². The molecule has 102 valence electrons. The molecule has 1 aromatic rings. The number of thiophene rings is 1. The third-order valence-electron chi connectivity index (χ3n) is 2.97.